The fourth-order valence-corrected chi connectivity index (χ4v) is 2.03. The van der Waals surface area contributed by atoms with Crippen molar-refractivity contribution in [3.8, 4) is 0 Å². The van der Waals surface area contributed by atoms with Crippen LogP contribution in [0, 0.1) is 11.6 Å². The van der Waals surface area contributed by atoms with E-state index in [0.29, 0.717) is 12.0 Å². The van der Waals surface area contributed by atoms with Crippen molar-refractivity contribution in [2.75, 3.05) is 0 Å². The summed E-state index contributed by atoms with van der Waals surface area (Å²) in [5.74, 6) is 4.60. The Morgan fingerprint density at radius 2 is 2.16 bits per heavy atom. The van der Waals surface area contributed by atoms with Gasteiger partial charge in [-0.1, -0.05) is 6.07 Å². The number of rotatable bonds is 5. The van der Waals surface area contributed by atoms with Gasteiger partial charge in [0, 0.05) is 18.9 Å². The molecule has 102 valence electrons. The zero-order chi connectivity index (χ0) is 13.8. The van der Waals surface area contributed by atoms with Crippen molar-refractivity contribution in [3.05, 3.63) is 53.6 Å². The Labute approximate surface area is 110 Å². The Hall–Kier alpha value is -1.79. The van der Waals surface area contributed by atoms with E-state index in [1.165, 1.54) is 6.07 Å². The lowest BCUT2D eigenvalue weighted by Gasteiger charge is -2.17. The molecule has 19 heavy (non-hydrogen) atoms. The van der Waals surface area contributed by atoms with Gasteiger partial charge in [0.05, 0.1) is 6.04 Å². The Morgan fingerprint density at radius 3 is 2.79 bits per heavy atom. The van der Waals surface area contributed by atoms with Gasteiger partial charge in [-0.15, -0.1) is 0 Å². The van der Waals surface area contributed by atoms with Crippen molar-refractivity contribution in [1.29, 1.82) is 0 Å². The SMILES string of the molecule is CCn1ccnc1C(Cc1ccc(F)c(F)c1)NN. The van der Waals surface area contributed by atoms with Crippen molar-refractivity contribution >= 4 is 0 Å². The molecule has 0 aliphatic carbocycles. The van der Waals surface area contributed by atoms with Crippen LogP contribution in [0.4, 0.5) is 8.78 Å². The fraction of sp³-hybridized carbons (Fsp3) is 0.308. The molecule has 0 fully saturated rings. The van der Waals surface area contributed by atoms with Crippen LogP contribution < -0.4 is 11.3 Å². The molecule has 2 rings (SSSR count). The monoisotopic (exact) mass is 266 g/mol. The zero-order valence-corrected chi connectivity index (χ0v) is 10.6. The maximum Gasteiger partial charge on any atom is 0.159 e. The molecule has 1 heterocycles. The number of hydrogen-bond donors (Lipinski definition) is 2. The van der Waals surface area contributed by atoms with Crippen LogP contribution in [-0.4, -0.2) is 9.55 Å². The van der Waals surface area contributed by atoms with Crippen molar-refractivity contribution in [2.24, 2.45) is 5.84 Å². The van der Waals surface area contributed by atoms with E-state index < -0.39 is 11.6 Å². The van der Waals surface area contributed by atoms with Crippen LogP contribution in [0.5, 0.6) is 0 Å². The molecule has 0 saturated heterocycles. The average Bonchev–Trinajstić information content (AvgIpc) is 2.88. The second kappa shape index (κ2) is 5.90. The lowest BCUT2D eigenvalue weighted by Crippen LogP contribution is -2.31. The molecule has 1 aromatic carbocycles. The summed E-state index contributed by atoms with van der Waals surface area (Å²) in [5, 5.41) is 0. The summed E-state index contributed by atoms with van der Waals surface area (Å²) in [6.45, 7) is 2.77. The van der Waals surface area contributed by atoms with Gasteiger partial charge >= 0.3 is 0 Å². The van der Waals surface area contributed by atoms with E-state index in [-0.39, 0.29) is 6.04 Å². The number of hydrazine groups is 1. The number of hydrogen-bond acceptors (Lipinski definition) is 3. The molecular formula is C13H16F2N4. The predicted octanol–water partition coefficient (Wildman–Crippen LogP) is 1.93. The normalized spacial score (nSPS) is 12.6. The first-order valence-electron chi connectivity index (χ1n) is 6.06. The van der Waals surface area contributed by atoms with Gasteiger partial charge in [-0.3, -0.25) is 5.84 Å². The van der Waals surface area contributed by atoms with Crippen molar-refractivity contribution in [2.45, 2.75) is 25.9 Å². The van der Waals surface area contributed by atoms with Gasteiger partial charge in [0.25, 0.3) is 0 Å². The van der Waals surface area contributed by atoms with E-state index in [9.17, 15) is 8.78 Å². The standard InChI is InChI=1S/C13H16F2N4/c1-2-19-6-5-17-13(19)12(18-16)8-9-3-4-10(14)11(15)7-9/h3-7,12,18H,2,8,16H2,1H3. The number of imidazole rings is 1. The molecule has 1 unspecified atom stereocenters. The molecule has 4 nitrogen and oxygen atoms in total. The maximum absolute atomic E-state index is 13.2. The third kappa shape index (κ3) is 2.97. The number of aryl methyl sites for hydroxylation is 1. The summed E-state index contributed by atoms with van der Waals surface area (Å²) in [6.07, 6.45) is 3.98. The van der Waals surface area contributed by atoms with Crippen LogP contribution in [0.2, 0.25) is 0 Å². The maximum atomic E-state index is 13.2. The van der Waals surface area contributed by atoms with Gasteiger partial charge in [0.2, 0.25) is 0 Å². The lowest BCUT2D eigenvalue weighted by atomic mass is 10.1. The minimum absolute atomic E-state index is 0.250. The average molecular weight is 266 g/mol. The number of nitrogens with zero attached hydrogens (tertiary/aromatic N) is 2. The third-order valence-electron chi connectivity index (χ3n) is 3.03. The van der Waals surface area contributed by atoms with Crippen LogP contribution in [0.25, 0.3) is 0 Å². The Morgan fingerprint density at radius 1 is 1.37 bits per heavy atom. The van der Waals surface area contributed by atoms with Gasteiger partial charge in [0.15, 0.2) is 11.6 Å². The van der Waals surface area contributed by atoms with Crippen molar-refractivity contribution in [3.63, 3.8) is 0 Å². The third-order valence-corrected chi connectivity index (χ3v) is 3.03. The minimum Gasteiger partial charge on any atom is -0.334 e. The summed E-state index contributed by atoms with van der Waals surface area (Å²) in [6, 6.07) is 3.59. The highest BCUT2D eigenvalue weighted by atomic mass is 19.2. The molecule has 0 spiro atoms. The van der Waals surface area contributed by atoms with E-state index in [2.05, 4.69) is 10.4 Å². The van der Waals surface area contributed by atoms with Gasteiger partial charge in [-0.25, -0.2) is 19.2 Å². The Kier molecular flexibility index (Phi) is 4.24. The molecule has 2 aromatic rings. The number of halogens is 2. The second-order valence-corrected chi connectivity index (χ2v) is 4.24. The molecule has 0 amide bonds. The quantitative estimate of drug-likeness (QED) is 0.642. The van der Waals surface area contributed by atoms with Gasteiger partial charge in [-0.05, 0) is 31.0 Å². The van der Waals surface area contributed by atoms with Crippen LogP contribution in [0.15, 0.2) is 30.6 Å². The molecule has 1 atom stereocenters. The first-order valence-corrected chi connectivity index (χ1v) is 6.06. The van der Waals surface area contributed by atoms with Gasteiger partial charge < -0.3 is 4.57 Å². The molecule has 3 N–H and O–H groups in total. The van der Waals surface area contributed by atoms with E-state index in [0.717, 1.165) is 18.4 Å². The largest absolute Gasteiger partial charge is 0.334 e. The number of aromatic nitrogens is 2. The zero-order valence-electron chi connectivity index (χ0n) is 10.6. The molecule has 0 aliphatic rings. The second-order valence-electron chi connectivity index (χ2n) is 4.24. The Bertz CT molecular complexity index is 553. The van der Waals surface area contributed by atoms with Gasteiger partial charge in [0.1, 0.15) is 5.82 Å². The highest BCUT2D eigenvalue weighted by Crippen LogP contribution is 2.18. The number of nitrogens with two attached hydrogens (primary N) is 1. The molecule has 0 saturated carbocycles. The molecule has 0 bridgehead atoms. The van der Waals surface area contributed by atoms with Crippen LogP contribution in [0.1, 0.15) is 24.4 Å². The van der Waals surface area contributed by atoms with E-state index in [4.69, 9.17) is 5.84 Å². The topological polar surface area (TPSA) is 55.9 Å². The summed E-state index contributed by atoms with van der Waals surface area (Å²) in [4.78, 5) is 4.25. The van der Waals surface area contributed by atoms with Crippen LogP contribution >= 0.6 is 0 Å². The highest BCUT2D eigenvalue weighted by Gasteiger charge is 2.16. The first kappa shape index (κ1) is 13.6. The first-order chi connectivity index (χ1) is 9.15. The smallest absolute Gasteiger partial charge is 0.159 e. The van der Waals surface area contributed by atoms with E-state index >= 15 is 0 Å². The summed E-state index contributed by atoms with van der Waals surface area (Å²) >= 11 is 0. The Balaban J connectivity index is 2.21. The fourth-order valence-electron chi connectivity index (χ4n) is 2.03. The molecule has 6 heteroatoms. The summed E-state index contributed by atoms with van der Waals surface area (Å²) in [7, 11) is 0. The molecule has 0 radical (unpaired) electrons. The van der Waals surface area contributed by atoms with Crippen LogP contribution in [-0.2, 0) is 13.0 Å². The lowest BCUT2D eigenvalue weighted by molar-refractivity contribution is 0.486. The van der Waals surface area contributed by atoms with Crippen LogP contribution in [0.3, 0.4) is 0 Å². The predicted molar refractivity (Wildman–Crippen MR) is 68.0 cm³/mol. The molecule has 0 aliphatic heterocycles. The van der Waals surface area contributed by atoms with E-state index in [1.807, 2.05) is 17.7 Å². The summed E-state index contributed by atoms with van der Waals surface area (Å²) < 4.78 is 28.0. The molecule has 1 aromatic heterocycles. The van der Waals surface area contributed by atoms with E-state index in [1.54, 1.807) is 12.3 Å². The number of nitrogens with one attached hydrogen (secondary N) is 1. The summed E-state index contributed by atoms with van der Waals surface area (Å²) in [5.41, 5.74) is 3.32. The van der Waals surface area contributed by atoms with Crippen molar-refractivity contribution in [1.82, 2.24) is 15.0 Å². The van der Waals surface area contributed by atoms with Gasteiger partial charge in [-0.2, -0.15) is 0 Å². The van der Waals surface area contributed by atoms with Crippen molar-refractivity contribution < 1.29 is 8.78 Å². The highest BCUT2D eigenvalue weighted by molar-refractivity contribution is 5.20. The minimum atomic E-state index is -0.855. The molecular weight excluding hydrogens is 250 g/mol. The number of benzene rings is 1.